The zero-order chi connectivity index (χ0) is 14.0. The Morgan fingerprint density at radius 1 is 1.47 bits per heavy atom. The Morgan fingerprint density at radius 3 is 2.68 bits per heavy atom. The Morgan fingerprint density at radius 2 is 2.16 bits per heavy atom. The fraction of sp³-hybridized carbons (Fsp3) is 0.692. The molecule has 1 aromatic rings. The summed E-state index contributed by atoms with van der Waals surface area (Å²) in [4.78, 5) is 21.1. The average Bonchev–Trinajstić information content (AvgIpc) is 2.68. The molecular formula is C13H22N4OS. The molecule has 1 saturated carbocycles. The highest BCUT2D eigenvalue weighted by Crippen LogP contribution is 2.31. The first-order valence-electron chi connectivity index (χ1n) is 6.79. The maximum Gasteiger partial charge on any atom is 0.267 e. The van der Waals surface area contributed by atoms with Crippen LogP contribution in [-0.2, 0) is 0 Å². The number of hydrogen-bond acceptors (Lipinski definition) is 5. The van der Waals surface area contributed by atoms with Gasteiger partial charge in [-0.3, -0.25) is 4.79 Å². The summed E-state index contributed by atoms with van der Waals surface area (Å²) in [5.41, 5.74) is 5.90. The number of carbonyl (C=O) groups is 1. The van der Waals surface area contributed by atoms with Crippen molar-refractivity contribution in [3.63, 3.8) is 0 Å². The van der Waals surface area contributed by atoms with Crippen molar-refractivity contribution < 1.29 is 4.79 Å². The van der Waals surface area contributed by atoms with Crippen LogP contribution in [0.2, 0.25) is 0 Å². The fourth-order valence-electron chi connectivity index (χ4n) is 2.17. The monoisotopic (exact) mass is 282 g/mol. The molecule has 19 heavy (non-hydrogen) atoms. The van der Waals surface area contributed by atoms with E-state index in [1.54, 1.807) is 0 Å². The van der Waals surface area contributed by atoms with Gasteiger partial charge in [0.25, 0.3) is 5.91 Å². The summed E-state index contributed by atoms with van der Waals surface area (Å²) in [6.07, 6.45) is 4.46. The third kappa shape index (κ3) is 2.83. The molecule has 0 aliphatic heterocycles. The minimum Gasteiger partial charge on any atom is -0.382 e. The minimum atomic E-state index is 0.0100. The van der Waals surface area contributed by atoms with E-state index in [9.17, 15) is 4.79 Å². The third-order valence-corrected chi connectivity index (χ3v) is 4.84. The van der Waals surface area contributed by atoms with E-state index < -0.39 is 0 Å². The fourth-order valence-corrected chi connectivity index (χ4v) is 3.12. The number of nitrogen functional groups attached to an aromatic ring is 1. The molecule has 5 nitrogen and oxygen atoms in total. The summed E-state index contributed by atoms with van der Waals surface area (Å²) in [6.45, 7) is 3.03. The molecule has 0 spiro atoms. The molecule has 2 N–H and O–H groups in total. The Hall–Kier alpha value is -1.30. The number of hydrogen-bond donors (Lipinski definition) is 1. The molecule has 0 radical (unpaired) electrons. The van der Waals surface area contributed by atoms with Crippen LogP contribution in [0.25, 0.3) is 0 Å². The van der Waals surface area contributed by atoms with E-state index in [2.05, 4.69) is 11.9 Å². The summed E-state index contributed by atoms with van der Waals surface area (Å²) in [7, 11) is 3.84. The van der Waals surface area contributed by atoms with Crippen molar-refractivity contribution in [3.8, 4) is 0 Å². The molecule has 0 atom stereocenters. The number of nitrogens with two attached hydrogens (primary N) is 1. The molecule has 1 fully saturated rings. The maximum atomic E-state index is 12.4. The van der Waals surface area contributed by atoms with Crippen LogP contribution in [0.3, 0.4) is 0 Å². The first-order chi connectivity index (χ1) is 9.04. The topological polar surface area (TPSA) is 62.5 Å². The second kappa shape index (κ2) is 5.77. The molecule has 1 aromatic heterocycles. The van der Waals surface area contributed by atoms with Gasteiger partial charge in [0, 0.05) is 26.7 Å². The second-order valence-corrected chi connectivity index (χ2v) is 6.11. The van der Waals surface area contributed by atoms with Gasteiger partial charge in [0.2, 0.25) is 0 Å². The van der Waals surface area contributed by atoms with E-state index >= 15 is 0 Å². The van der Waals surface area contributed by atoms with E-state index in [-0.39, 0.29) is 5.91 Å². The first kappa shape index (κ1) is 14.1. The molecule has 1 aliphatic carbocycles. The SMILES string of the molecule is CCCN(C)c1nc(N)c(C(=O)N(C)C2CCC2)s1. The number of amides is 1. The molecule has 0 aromatic carbocycles. The van der Waals surface area contributed by atoms with Gasteiger partial charge in [0.15, 0.2) is 5.13 Å². The summed E-state index contributed by atoms with van der Waals surface area (Å²) >= 11 is 1.39. The van der Waals surface area contributed by atoms with Crippen molar-refractivity contribution >= 4 is 28.2 Å². The Kier molecular flexibility index (Phi) is 4.29. The van der Waals surface area contributed by atoms with Crippen LogP contribution in [0.5, 0.6) is 0 Å². The number of thiazole rings is 1. The van der Waals surface area contributed by atoms with Crippen LogP contribution in [0.1, 0.15) is 42.3 Å². The van der Waals surface area contributed by atoms with Gasteiger partial charge in [0.05, 0.1) is 0 Å². The smallest absolute Gasteiger partial charge is 0.267 e. The average molecular weight is 282 g/mol. The van der Waals surface area contributed by atoms with Crippen LogP contribution >= 0.6 is 11.3 Å². The van der Waals surface area contributed by atoms with Crippen LogP contribution < -0.4 is 10.6 Å². The van der Waals surface area contributed by atoms with Crippen LogP contribution in [-0.4, -0.2) is 42.5 Å². The summed E-state index contributed by atoms with van der Waals surface area (Å²) < 4.78 is 0. The zero-order valence-electron chi connectivity index (χ0n) is 11.8. The predicted molar refractivity (Wildman–Crippen MR) is 79.8 cm³/mol. The van der Waals surface area contributed by atoms with Crippen molar-refractivity contribution in [2.45, 2.75) is 38.6 Å². The molecule has 1 aliphatic rings. The Bertz CT molecular complexity index is 455. The molecule has 0 unspecified atom stereocenters. The van der Waals surface area contributed by atoms with Crippen molar-refractivity contribution in [2.24, 2.45) is 0 Å². The predicted octanol–water partition coefficient (Wildman–Crippen LogP) is 2.20. The van der Waals surface area contributed by atoms with Crippen LogP contribution in [0.4, 0.5) is 10.9 Å². The number of rotatable bonds is 5. The Labute approximate surface area is 118 Å². The van der Waals surface area contributed by atoms with E-state index in [4.69, 9.17) is 5.73 Å². The van der Waals surface area contributed by atoms with Crippen LogP contribution in [0.15, 0.2) is 0 Å². The minimum absolute atomic E-state index is 0.0100. The second-order valence-electron chi connectivity index (χ2n) is 5.13. The largest absolute Gasteiger partial charge is 0.382 e. The first-order valence-corrected chi connectivity index (χ1v) is 7.60. The summed E-state index contributed by atoms with van der Waals surface area (Å²) in [5, 5.41) is 0.824. The highest BCUT2D eigenvalue weighted by Gasteiger charge is 2.29. The van der Waals surface area contributed by atoms with Gasteiger partial charge in [-0.1, -0.05) is 18.3 Å². The lowest BCUT2D eigenvalue weighted by atomic mass is 9.92. The van der Waals surface area contributed by atoms with Crippen molar-refractivity contribution in [1.82, 2.24) is 9.88 Å². The lowest BCUT2D eigenvalue weighted by Gasteiger charge is -2.34. The summed E-state index contributed by atoms with van der Waals surface area (Å²) in [5.74, 6) is 0.370. The molecular weight excluding hydrogens is 260 g/mol. The van der Waals surface area contributed by atoms with Crippen molar-refractivity contribution in [2.75, 3.05) is 31.3 Å². The zero-order valence-corrected chi connectivity index (χ0v) is 12.7. The molecule has 6 heteroatoms. The van der Waals surface area contributed by atoms with Gasteiger partial charge in [-0.25, -0.2) is 4.98 Å². The lowest BCUT2D eigenvalue weighted by Crippen LogP contribution is -2.41. The lowest BCUT2D eigenvalue weighted by molar-refractivity contribution is 0.0658. The van der Waals surface area contributed by atoms with Gasteiger partial charge < -0.3 is 15.5 Å². The number of nitrogens with zero attached hydrogens (tertiary/aromatic N) is 3. The van der Waals surface area contributed by atoms with Gasteiger partial charge >= 0.3 is 0 Å². The highest BCUT2D eigenvalue weighted by molar-refractivity contribution is 7.18. The molecule has 0 bridgehead atoms. The number of carbonyl (C=O) groups excluding carboxylic acids is 1. The van der Waals surface area contributed by atoms with Gasteiger partial charge in [-0.15, -0.1) is 0 Å². The summed E-state index contributed by atoms with van der Waals surface area (Å²) in [6, 6.07) is 0.380. The van der Waals surface area contributed by atoms with Gasteiger partial charge in [0.1, 0.15) is 10.7 Å². The molecule has 2 rings (SSSR count). The Balaban J connectivity index is 2.13. The number of anilines is 2. The van der Waals surface area contributed by atoms with E-state index in [0.29, 0.717) is 16.7 Å². The van der Waals surface area contributed by atoms with Gasteiger partial charge in [-0.05, 0) is 25.7 Å². The van der Waals surface area contributed by atoms with Crippen molar-refractivity contribution in [3.05, 3.63) is 4.88 Å². The number of aromatic nitrogens is 1. The van der Waals surface area contributed by atoms with Crippen LogP contribution in [0, 0.1) is 0 Å². The molecule has 1 amide bonds. The molecule has 0 saturated heterocycles. The van der Waals surface area contributed by atoms with E-state index in [1.165, 1.54) is 17.8 Å². The van der Waals surface area contributed by atoms with E-state index in [0.717, 1.165) is 30.9 Å². The highest BCUT2D eigenvalue weighted by atomic mass is 32.1. The maximum absolute atomic E-state index is 12.4. The quantitative estimate of drug-likeness (QED) is 0.899. The van der Waals surface area contributed by atoms with E-state index in [1.807, 2.05) is 23.9 Å². The third-order valence-electron chi connectivity index (χ3n) is 3.66. The molecule has 106 valence electrons. The standard InChI is InChI=1S/C13H22N4OS/c1-4-8-16(2)13-15-11(14)10(19-13)12(18)17(3)9-6-5-7-9/h9H,4-8,14H2,1-3H3. The van der Waals surface area contributed by atoms with Gasteiger partial charge in [-0.2, -0.15) is 0 Å². The molecule has 1 heterocycles. The normalized spacial score (nSPS) is 15.1. The van der Waals surface area contributed by atoms with Crippen molar-refractivity contribution in [1.29, 1.82) is 0 Å².